The molecule has 4 aromatic rings. The summed E-state index contributed by atoms with van der Waals surface area (Å²) in [7, 11) is 0. The first kappa shape index (κ1) is 24.5. The Hall–Kier alpha value is -3.20. The molecule has 2 aromatic heterocycles. The van der Waals surface area contributed by atoms with Gasteiger partial charge in [0.1, 0.15) is 17.2 Å². The molecule has 5 rings (SSSR count). The first-order chi connectivity index (χ1) is 17.3. The van der Waals surface area contributed by atoms with Crippen LogP contribution in [0.4, 0.5) is 8.78 Å². The third-order valence-electron chi connectivity index (χ3n) is 6.09. The second-order valence-corrected chi connectivity index (χ2v) is 9.16. The van der Waals surface area contributed by atoms with Crippen LogP contribution >= 0.6 is 23.2 Å². The van der Waals surface area contributed by atoms with Crippen LogP contribution in [-0.4, -0.2) is 46.8 Å². The van der Waals surface area contributed by atoms with Crippen LogP contribution in [0.25, 0.3) is 22.2 Å². The molecule has 1 aliphatic rings. The van der Waals surface area contributed by atoms with E-state index in [4.69, 9.17) is 32.8 Å². The molecule has 1 amide bonds. The fraction of sp³-hybridized carbons (Fsp3) is 0.231. The number of amides is 1. The summed E-state index contributed by atoms with van der Waals surface area (Å²) >= 11 is 12.4. The van der Waals surface area contributed by atoms with Crippen LogP contribution in [-0.2, 0) is 4.74 Å². The van der Waals surface area contributed by atoms with E-state index < -0.39 is 17.7 Å². The molecule has 0 radical (unpaired) electrons. The van der Waals surface area contributed by atoms with Crippen molar-refractivity contribution >= 4 is 40.1 Å². The van der Waals surface area contributed by atoms with E-state index in [1.165, 1.54) is 29.0 Å². The van der Waals surface area contributed by atoms with Crippen LogP contribution in [0.3, 0.4) is 0 Å². The molecule has 1 fully saturated rings. The Bertz CT molecular complexity index is 1450. The zero-order valence-corrected chi connectivity index (χ0v) is 20.7. The smallest absolute Gasteiger partial charge is 0.257 e. The summed E-state index contributed by atoms with van der Waals surface area (Å²) in [4.78, 5) is 25.0. The van der Waals surface area contributed by atoms with Crippen molar-refractivity contribution in [3.05, 3.63) is 87.7 Å². The van der Waals surface area contributed by atoms with Crippen LogP contribution in [0.15, 0.2) is 54.9 Å². The highest BCUT2D eigenvalue weighted by Crippen LogP contribution is 2.34. The van der Waals surface area contributed by atoms with E-state index in [2.05, 4.69) is 4.98 Å². The van der Waals surface area contributed by atoms with Crippen molar-refractivity contribution in [3.8, 4) is 11.1 Å². The quantitative estimate of drug-likeness (QED) is 0.298. The molecule has 1 saturated heterocycles. The van der Waals surface area contributed by atoms with E-state index >= 15 is 0 Å². The molecule has 0 spiro atoms. The summed E-state index contributed by atoms with van der Waals surface area (Å²) < 4.78 is 35.4. The summed E-state index contributed by atoms with van der Waals surface area (Å²) in [5.74, 6) is -1.56. The lowest BCUT2D eigenvalue weighted by Crippen LogP contribution is -2.41. The van der Waals surface area contributed by atoms with E-state index in [9.17, 15) is 13.6 Å². The van der Waals surface area contributed by atoms with Gasteiger partial charge in [-0.15, -0.1) is 0 Å². The Kier molecular flexibility index (Phi) is 6.83. The van der Waals surface area contributed by atoms with Gasteiger partial charge in [0.15, 0.2) is 6.10 Å². The molecule has 0 aliphatic carbocycles. The largest absolute Gasteiger partial charge is 0.406 e. The number of carbonyl (C=O) groups is 1. The van der Waals surface area contributed by atoms with Gasteiger partial charge in [-0.1, -0.05) is 29.3 Å². The standard InChI is InChI=1S/C26H21Cl2F2N3O3/c1-15(24-19(27)3-5-21(30)25(24)28)36-33-7-6-22-23(33)13-17(14-31-22)16-2-4-20(29)18(12-16)26(34)32-8-10-35-11-9-32/h2-7,12-15H,8-11H2,1H3. The van der Waals surface area contributed by atoms with Crippen molar-refractivity contribution in [3.63, 3.8) is 0 Å². The minimum atomic E-state index is -0.677. The molecule has 3 heterocycles. The molecule has 10 heteroatoms. The van der Waals surface area contributed by atoms with Gasteiger partial charge in [0.25, 0.3) is 5.91 Å². The van der Waals surface area contributed by atoms with Gasteiger partial charge in [-0.3, -0.25) is 9.78 Å². The van der Waals surface area contributed by atoms with Crippen molar-refractivity contribution in [1.82, 2.24) is 14.6 Å². The molecule has 2 aromatic carbocycles. The van der Waals surface area contributed by atoms with Crippen LogP contribution < -0.4 is 4.84 Å². The number of ether oxygens (including phenoxy) is 1. The Labute approximate surface area is 215 Å². The second-order valence-electron chi connectivity index (χ2n) is 8.37. The van der Waals surface area contributed by atoms with Crippen LogP contribution in [0, 0.1) is 11.6 Å². The van der Waals surface area contributed by atoms with Gasteiger partial charge >= 0.3 is 0 Å². The zero-order chi connectivity index (χ0) is 25.4. The predicted molar refractivity (Wildman–Crippen MR) is 133 cm³/mol. The summed E-state index contributed by atoms with van der Waals surface area (Å²) in [6, 6.07) is 10.6. The minimum Gasteiger partial charge on any atom is -0.406 e. The van der Waals surface area contributed by atoms with Crippen molar-refractivity contribution in [2.45, 2.75) is 13.0 Å². The number of morpholine rings is 1. The van der Waals surface area contributed by atoms with Crippen LogP contribution in [0.5, 0.6) is 0 Å². The van der Waals surface area contributed by atoms with Gasteiger partial charge in [-0.25, -0.2) is 8.78 Å². The van der Waals surface area contributed by atoms with E-state index in [1.54, 1.807) is 36.4 Å². The van der Waals surface area contributed by atoms with Crippen LogP contribution in [0.2, 0.25) is 10.0 Å². The Morgan fingerprint density at radius 1 is 1.06 bits per heavy atom. The van der Waals surface area contributed by atoms with Gasteiger partial charge in [0.05, 0.1) is 29.3 Å². The zero-order valence-electron chi connectivity index (χ0n) is 19.2. The van der Waals surface area contributed by atoms with E-state index in [1.807, 2.05) is 6.07 Å². The monoisotopic (exact) mass is 531 g/mol. The number of hydrogen-bond acceptors (Lipinski definition) is 4. The fourth-order valence-corrected chi connectivity index (χ4v) is 4.86. The van der Waals surface area contributed by atoms with Crippen molar-refractivity contribution in [2.24, 2.45) is 0 Å². The third kappa shape index (κ3) is 4.64. The molecular formula is C26H21Cl2F2N3O3. The summed E-state index contributed by atoms with van der Waals surface area (Å²) in [6.45, 7) is 3.39. The average molecular weight is 532 g/mol. The lowest BCUT2D eigenvalue weighted by Gasteiger charge is -2.27. The molecule has 36 heavy (non-hydrogen) atoms. The maximum atomic E-state index is 14.6. The first-order valence-corrected chi connectivity index (χ1v) is 12.0. The van der Waals surface area contributed by atoms with Crippen LogP contribution in [0.1, 0.15) is 28.9 Å². The molecule has 0 saturated carbocycles. The molecule has 6 nitrogen and oxygen atoms in total. The highest BCUT2D eigenvalue weighted by Gasteiger charge is 2.23. The van der Waals surface area contributed by atoms with Crippen molar-refractivity contribution in [1.29, 1.82) is 0 Å². The lowest BCUT2D eigenvalue weighted by atomic mass is 10.0. The average Bonchev–Trinajstić information content (AvgIpc) is 3.28. The summed E-state index contributed by atoms with van der Waals surface area (Å²) in [6.07, 6.45) is 2.65. The number of aromatic nitrogens is 2. The predicted octanol–water partition coefficient (Wildman–Crippen LogP) is 5.95. The molecule has 0 N–H and O–H groups in total. The van der Waals surface area contributed by atoms with E-state index in [0.717, 1.165) is 0 Å². The first-order valence-electron chi connectivity index (χ1n) is 11.3. The number of rotatable bonds is 5. The van der Waals surface area contributed by atoms with Gasteiger partial charge in [0, 0.05) is 41.6 Å². The van der Waals surface area contributed by atoms with Gasteiger partial charge in [-0.05, 0) is 48.9 Å². The molecular weight excluding hydrogens is 511 g/mol. The van der Waals surface area contributed by atoms with Crippen molar-refractivity contribution < 1.29 is 23.1 Å². The summed E-state index contributed by atoms with van der Waals surface area (Å²) in [5, 5.41) is 0.182. The normalized spacial score (nSPS) is 14.8. The molecule has 1 atom stereocenters. The SMILES string of the molecule is CC(On1ccc2ncc(-c3ccc(F)c(C(=O)N4CCOCC4)c3)cc21)c1c(Cl)ccc(F)c1Cl. The van der Waals surface area contributed by atoms with Crippen molar-refractivity contribution in [2.75, 3.05) is 26.3 Å². The minimum absolute atomic E-state index is 0.00913. The summed E-state index contributed by atoms with van der Waals surface area (Å²) in [5.41, 5.74) is 2.87. The lowest BCUT2D eigenvalue weighted by molar-refractivity contribution is 0.0300. The molecule has 0 bridgehead atoms. The second kappa shape index (κ2) is 10.0. The number of pyridine rings is 1. The van der Waals surface area contributed by atoms with Gasteiger partial charge < -0.3 is 14.5 Å². The number of hydrogen-bond donors (Lipinski definition) is 0. The third-order valence-corrected chi connectivity index (χ3v) is 6.80. The Morgan fingerprint density at radius 2 is 1.81 bits per heavy atom. The van der Waals surface area contributed by atoms with Gasteiger partial charge in [0.2, 0.25) is 0 Å². The van der Waals surface area contributed by atoms with Gasteiger partial charge in [-0.2, -0.15) is 4.73 Å². The highest BCUT2D eigenvalue weighted by molar-refractivity contribution is 6.36. The topological polar surface area (TPSA) is 56.6 Å². The number of nitrogens with zero attached hydrogens (tertiary/aromatic N) is 3. The number of carbonyl (C=O) groups excluding carboxylic acids is 1. The number of halogens is 4. The maximum Gasteiger partial charge on any atom is 0.257 e. The fourth-order valence-electron chi connectivity index (χ4n) is 4.18. The Morgan fingerprint density at radius 3 is 2.58 bits per heavy atom. The molecule has 1 aliphatic heterocycles. The highest BCUT2D eigenvalue weighted by atomic mass is 35.5. The van der Waals surface area contributed by atoms with E-state index in [0.29, 0.717) is 54.0 Å². The Balaban J connectivity index is 1.47. The molecule has 1 unspecified atom stereocenters. The maximum absolute atomic E-state index is 14.6. The van der Waals surface area contributed by atoms with E-state index in [-0.39, 0.29) is 21.5 Å². The number of benzene rings is 2. The number of fused-ring (bicyclic) bond motifs is 1. The molecule has 186 valence electrons.